The summed E-state index contributed by atoms with van der Waals surface area (Å²) >= 11 is 0. The van der Waals surface area contributed by atoms with Gasteiger partial charge in [-0.1, -0.05) is 19.9 Å². The second-order valence-electron chi connectivity index (χ2n) is 4.89. The first-order chi connectivity index (χ1) is 9.15. The van der Waals surface area contributed by atoms with E-state index in [1.807, 2.05) is 19.9 Å². The molecule has 2 rings (SSSR count). The number of hydrogen-bond acceptors (Lipinski definition) is 3. The molecule has 2 heterocycles. The molecule has 0 unspecified atom stereocenters. The van der Waals surface area contributed by atoms with Crippen molar-refractivity contribution in [1.82, 2.24) is 4.98 Å². The molecule has 100 valence electrons. The van der Waals surface area contributed by atoms with Crippen LogP contribution in [-0.2, 0) is 16.0 Å². The molecule has 0 radical (unpaired) electrons. The predicted molar refractivity (Wildman–Crippen MR) is 74.7 cm³/mol. The second-order valence-corrected chi connectivity index (χ2v) is 4.89. The van der Waals surface area contributed by atoms with Crippen LogP contribution in [0.3, 0.4) is 0 Å². The third-order valence-corrected chi connectivity index (χ3v) is 3.95. The molecule has 1 N–H and O–H groups in total. The van der Waals surface area contributed by atoms with E-state index in [4.69, 9.17) is 0 Å². The van der Waals surface area contributed by atoms with Crippen molar-refractivity contribution in [3.8, 4) is 0 Å². The smallest absolute Gasteiger partial charge is 0.232 e. The highest BCUT2D eigenvalue weighted by Crippen LogP contribution is 2.38. The number of carbonyl (C=O) groups is 2. The van der Waals surface area contributed by atoms with Crippen molar-refractivity contribution in [3.05, 3.63) is 29.5 Å². The van der Waals surface area contributed by atoms with Crippen LogP contribution in [0.5, 0.6) is 0 Å². The van der Waals surface area contributed by atoms with Crippen molar-refractivity contribution in [2.45, 2.75) is 33.1 Å². The van der Waals surface area contributed by atoms with Gasteiger partial charge in [0.1, 0.15) is 12.1 Å². The van der Waals surface area contributed by atoms with Crippen molar-refractivity contribution >= 4 is 24.1 Å². The molecule has 0 fully saturated rings. The molecule has 0 bridgehead atoms. The number of amides is 1. The first-order valence-electron chi connectivity index (χ1n) is 6.57. The fourth-order valence-corrected chi connectivity index (χ4v) is 2.52. The van der Waals surface area contributed by atoms with Crippen LogP contribution in [0.1, 0.15) is 37.8 Å². The van der Waals surface area contributed by atoms with Crippen LogP contribution < -0.4 is 5.32 Å². The Balaban J connectivity index is 2.38. The minimum atomic E-state index is -0.332. The molecular formula is C15H18N2O2. The minimum Gasteiger partial charge on any atom is -0.310 e. The first kappa shape index (κ1) is 13.5. The van der Waals surface area contributed by atoms with Crippen LogP contribution in [0.25, 0.3) is 6.08 Å². The molecule has 0 atom stereocenters. The van der Waals surface area contributed by atoms with Crippen molar-refractivity contribution in [3.63, 3.8) is 0 Å². The van der Waals surface area contributed by atoms with E-state index in [2.05, 4.69) is 10.3 Å². The summed E-state index contributed by atoms with van der Waals surface area (Å²) in [6.07, 6.45) is 7.88. The number of aromatic nitrogens is 1. The van der Waals surface area contributed by atoms with Crippen LogP contribution in [-0.4, -0.2) is 17.2 Å². The van der Waals surface area contributed by atoms with Gasteiger partial charge in [-0.2, -0.15) is 0 Å². The van der Waals surface area contributed by atoms with Crippen molar-refractivity contribution in [2.24, 2.45) is 5.41 Å². The summed E-state index contributed by atoms with van der Waals surface area (Å²) in [6.45, 7) is 4.08. The highest BCUT2D eigenvalue weighted by molar-refractivity contribution is 5.97. The Labute approximate surface area is 112 Å². The van der Waals surface area contributed by atoms with Crippen molar-refractivity contribution in [1.29, 1.82) is 0 Å². The number of nitrogens with zero attached hydrogens (tertiary/aromatic N) is 1. The summed E-state index contributed by atoms with van der Waals surface area (Å²) in [6, 6.07) is 1.99. The maximum Gasteiger partial charge on any atom is 0.232 e. The average molecular weight is 258 g/mol. The van der Waals surface area contributed by atoms with Gasteiger partial charge < -0.3 is 5.32 Å². The highest BCUT2D eigenvalue weighted by Gasteiger charge is 2.39. The fraction of sp³-hybridized carbons (Fsp3) is 0.400. The SMILES string of the molecule is CCC1(CC)Cc2cc(/C=C/C=O)cnc2NC1=O. The average Bonchev–Trinajstić information content (AvgIpc) is 2.44. The topological polar surface area (TPSA) is 59.1 Å². The Morgan fingerprint density at radius 2 is 2.16 bits per heavy atom. The number of rotatable bonds is 4. The molecule has 1 aliphatic rings. The summed E-state index contributed by atoms with van der Waals surface area (Å²) in [5, 5.41) is 2.89. The molecule has 0 aliphatic carbocycles. The second kappa shape index (κ2) is 5.34. The van der Waals surface area contributed by atoms with Gasteiger partial charge >= 0.3 is 0 Å². The number of aldehydes is 1. The number of nitrogens with one attached hydrogen (secondary N) is 1. The number of pyridine rings is 1. The number of anilines is 1. The van der Waals surface area contributed by atoms with Gasteiger partial charge in [0.05, 0.1) is 5.41 Å². The Bertz CT molecular complexity index is 531. The Morgan fingerprint density at radius 1 is 1.42 bits per heavy atom. The van der Waals surface area contributed by atoms with E-state index < -0.39 is 0 Å². The third kappa shape index (κ3) is 2.43. The largest absolute Gasteiger partial charge is 0.310 e. The normalized spacial score (nSPS) is 17.1. The van der Waals surface area contributed by atoms with Crippen LogP contribution >= 0.6 is 0 Å². The number of hydrogen-bond donors (Lipinski definition) is 1. The van der Waals surface area contributed by atoms with Crippen LogP contribution in [0, 0.1) is 5.41 Å². The van der Waals surface area contributed by atoms with Gasteiger partial charge in [0.15, 0.2) is 0 Å². The van der Waals surface area contributed by atoms with E-state index in [1.54, 1.807) is 12.3 Å². The fourth-order valence-electron chi connectivity index (χ4n) is 2.52. The summed E-state index contributed by atoms with van der Waals surface area (Å²) < 4.78 is 0. The van der Waals surface area contributed by atoms with Gasteiger partial charge in [0.2, 0.25) is 5.91 Å². The molecule has 0 aromatic carbocycles. The summed E-state index contributed by atoms with van der Waals surface area (Å²) in [5.41, 5.74) is 1.58. The van der Waals surface area contributed by atoms with Crippen LogP contribution in [0.2, 0.25) is 0 Å². The molecule has 1 aromatic rings. The van der Waals surface area contributed by atoms with E-state index in [9.17, 15) is 9.59 Å². The summed E-state index contributed by atoms with van der Waals surface area (Å²) in [7, 11) is 0. The highest BCUT2D eigenvalue weighted by atomic mass is 16.2. The molecule has 0 spiro atoms. The Hall–Kier alpha value is -1.97. The third-order valence-electron chi connectivity index (χ3n) is 3.95. The number of allylic oxidation sites excluding steroid dienone is 1. The van der Waals surface area contributed by atoms with Gasteiger partial charge in [-0.05, 0) is 42.5 Å². The quantitative estimate of drug-likeness (QED) is 0.667. The lowest BCUT2D eigenvalue weighted by atomic mass is 9.74. The maximum atomic E-state index is 12.2. The lowest BCUT2D eigenvalue weighted by Gasteiger charge is -2.35. The van der Waals surface area contributed by atoms with Gasteiger partial charge in [0.25, 0.3) is 0 Å². The van der Waals surface area contributed by atoms with Crippen LogP contribution in [0.15, 0.2) is 18.3 Å². The summed E-state index contributed by atoms with van der Waals surface area (Å²) in [4.78, 5) is 26.8. The van der Waals surface area contributed by atoms with Gasteiger partial charge in [0, 0.05) is 6.20 Å². The van der Waals surface area contributed by atoms with E-state index in [0.717, 1.165) is 30.3 Å². The molecule has 1 aliphatic heterocycles. The molecule has 1 amide bonds. The van der Waals surface area contributed by atoms with Gasteiger partial charge in [-0.25, -0.2) is 4.98 Å². The zero-order valence-electron chi connectivity index (χ0n) is 11.3. The lowest BCUT2D eigenvalue weighted by Crippen LogP contribution is -2.41. The van der Waals surface area contributed by atoms with Gasteiger partial charge in [-0.3, -0.25) is 9.59 Å². The molecule has 1 aromatic heterocycles. The minimum absolute atomic E-state index is 0.0636. The first-order valence-corrected chi connectivity index (χ1v) is 6.57. The predicted octanol–water partition coefficient (Wildman–Crippen LogP) is 2.59. The van der Waals surface area contributed by atoms with Crippen LogP contribution in [0.4, 0.5) is 5.82 Å². The lowest BCUT2D eigenvalue weighted by molar-refractivity contribution is -0.126. The van der Waals surface area contributed by atoms with E-state index >= 15 is 0 Å². The molecule has 4 nitrogen and oxygen atoms in total. The van der Waals surface area contributed by atoms with Gasteiger partial charge in [-0.15, -0.1) is 0 Å². The molecule has 0 saturated carbocycles. The molecule has 0 saturated heterocycles. The monoisotopic (exact) mass is 258 g/mol. The standard InChI is InChI=1S/C15H18N2O2/c1-3-15(4-2)9-12-8-11(6-5-7-18)10-16-13(12)17-14(15)19/h5-8,10H,3-4,9H2,1-2H3,(H,16,17,19)/b6-5+. The molecule has 19 heavy (non-hydrogen) atoms. The zero-order valence-corrected chi connectivity index (χ0v) is 11.3. The summed E-state index contributed by atoms with van der Waals surface area (Å²) in [5.74, 6) is 0.708. The van der Waals surface area contributed by atoms with E-state index in [1.165, 1.54) is 6.08 Å². The molecule has 4 heteroatoms. The van der Waals surface area contributed by atoms with Crippen molar-refractivity contribution in [2.75, 3.05) is 5.32 Å². The number of carbonyl (C=O) groups excluding carboxylic acids is 2. The van der Waals surface area contributed by atoms with Crippen molar-refractivity contribution < 1.29 is 9.59 Å². The maximum absolute atomic E-state index is 12.2. The zero-order chi connectivity index (χ0) is 13.9. The molecular weight excluding hydrogens is 240 g/mol. The van der Waals surface area contributed by atoms with E-state index in [-0.39, 0.29) is 11.3 Å². The van der Waals surface area contributed by atoms with E-state index in [0.29, 0.717) is 12.2 Å². The number of fused-ring (bicyclic) bond motifs is 1. The Morgan fingerprint density at radius 3 is 2.79 bits per heavy atom. The Kier molecular flexibility index (Phi) is 3.79.